The van der Waals surface area contributed by atoms with E-state index in [0.717, 1.165) is 6.26 Å². The fraction of sp³-hybridized carbons (Fsp3) is 0.500. The Bertz CT molecular complexity index is 487. The van der Waals surface area contributed by atoms with Crippen molar-refractivity contribution < 1.29 is 18.6 Å². The quantitative estimate of drug-likeness (QED) is 0.684. The molecule has 0 aliphatic heterocycles. The molecule has 2 atom stereocenters. The molecule has 3 N–H and O–H groups in total. The van der Waals surface area contributed by atoms with Gasteiger partial charge in [0.25, 0.3) is 0 Å². The number of hydrogen-bond donors (Lipinski definition) is 3. The van der Waals surface area contributed by atoms with E-state index < -0.39 is 22.0 Å². The predicted molar refractivity (Wildman–Crippen MR) is 69.1 cm³/mol. The van der Waals surface area contributed by atoms with Gasteiger partial charge in [-0.25, -0.2) is 8.42 Å². The van der Waals surface area contributed by atoms with Gasteiger partial charge < -0.3 is 15.5 Å². The Morgan fingerprint density at radius 1 is 1.28 bits per heavy atom. The molecule has 5 nitrogen and oxygen atoms in total. The van der Waals surface area contributed by atoms with E-state index in [-0.39, 0.29) is 10.5 Å². The van der Waals surface area contributed by atoms with Gasteiger partial charge in [-0.05, 0) is 26.1 Å². The van der Waals surface area contributed by atoms with E-state index in [0.29, 0.717) is 13.0 Å². The van der Waals surface area contributed by atoms with E-state index in [1.807, 2.05) is 0 Å². The number of aliphatic hydroxyl groups is 2. The molecular weight excluding hydrogens is 254 g/mol. The van der Waals surface area contributed by atoms with E-state index in [1.54, 1.807) is 19.2 Å². The van der Waals surface area contributed by atoms with Gasteiger partial charge in [-0.15, -0.1) is 0 Å². The standard InChI is InChI=1S/C12H19NO4S/c1-13-8-7-10(14)12(15)9-5-3-4-6-11(9)18(2,16)17/h3-6,10,12-15H,7-8H2,1-2H3. The van der Waals surface area contributed by atoms with Crippen molar-refractivity contribution in [3.8, 4) is 0 Å². The lowest BCUT2D eigenvalue weighted by atomic mass is 10.0. The molecule has 1 aromatic carbocycles. The second kappa shape index (κ2) is 6.29. The van der Waals surface area contributed by atoms with E-state index in [1.165, 1.54) is 12.1 Å². The molecule has 1 aromatic rings. The van der Waals surface area contributed by atoms with Crippen LogP contribution in [0.2, 0.25) is 0 Å². The number of benzene rings is 1. The van der Waals surface area contributed by atoms with Crippen molar-refractivity contribution in [2.24, 2.45) is 0 Å². The Labute approximate surface area is 107 Å². The maximum Gasteiger partial charge on any atom is 0.175 e. The summed E-state index contributed by atoms with van der Waals surface area (Å²) in [5.41, 5.74) is 0.239. The maximum atomic E-state index is 11.6. The summed E-state index contributed by atoms with van der Waals surface area (Å²) in [5.74, 6) is 0. The third-order valence-electron chi connectivity index (χ3n) is 2.69. The molecule has 0 bridgehead atoms. The molecule has 0 amide bonds. The molecule has 0 aliphatic carbocycles. The van der Waals surface area contributed by atoms with Crippen LogP contribution < -0.4 is 5.32 Å². The van der Waals surface area contributed by atoms with Crippen molar-refractivity contribution in [3.63, 3.8) is 0 Å². The van der Waals surface area contributed by atoms with Crippen molar-refractivity contribution in [1.29, 1.82) is 0 Å². The average Bonchev–Trinajstić information content (AvgIpc) is 2.34. The third kappa shape index (κ3) is 3.78. The molecule has 18 heavy (non-hydrogen) atoms. The van der Waals surface area contributed by atoms with Gasteiger partial charge in [-0.2, -0.15) is 0 Å². The third-order valence-corrected chi connectivity index (χ3v) is 3.86. The minimum atomic E-state index is -3.42. The van der Waals surface area contributed by atoms with Crippen LogP contribution in [-0.2, 0) is 9.84 Å². The first-order valence-corrected chi connectivity index (χ1v) is 7.56. The maximum absolute atomic E-state index is 11.6. The normalized spacial score (nSPS) is 15.3. The van der Waals surface area contributed by atoms with Gasteiger partial charge in [0.2, 0.25) is 0 Å². The monoisotopic (exact) mass is 273 g/mol. The van der Waals surface area contributed by atoms with E-state index in [9.17, 15) is 18.6 Å². The zero-order valence-electron chi connectivity index (χ0n) is 10.5. The summed E-state index contributed by atoms with van der Waals surface area (Å²) in [4.78, 5) is 0.0565. The lowest BCUT2D eigenvalue weighted by Gasteiger charge is -2.20. The minimum absolute atomic E-state index is 0.0565. The first-order valence-electron chi connectivity index (χ1n) is 5.67. The van der Waals surface area contributed by atoms with Crippen molar-refractivity contribution in [2.75, 3.05) is 19.8 Å². The summed E-state index contributed by atoms with van der Waals surface area (Å²) in [6.07, 6.45) is -0.779. The van der Waals surface area contributed by atoms with E-state index >= 15 is 0 Å². The largest absolute Gasteiger partial charge is 0.390 e. The second-order valence-corrected chi connectivity index (χ2v) is 6.20. The van der Waals surface area contributed by atoms with E-state index in [4.69, 9.17) is 0 Å². The highest BCUT2D eigenvalue weighted by atomic mass is 32.2. The molecule has 0 spiro atoms. The van der Waals surface area contributed by atoms with Crippen LogP contribution in [0.15, 0.2) is 29.2 Å². The first-order chi connectivity index (χ1) is 8.38. The van der Waals surface area contributed by atoms with Crippen LogP contribution in [0.4, 0.5) is 0 Å². The number of sulfone groups is 1. The minimum Gasteiger partial charge on any atom is -0.390 e. The van der Waals surface area contributed by atoms with Crippen LogP contribution in [-0.4, -0.2) is 44.6 Å². The number of hydrogen-bond acceptors (Lipinski definition) is 5. The Hall–Kier alpha value is -0.950. The van der Waals surface area contributed by atoms with Crippen LogP contribution >= 0.6 is 0 Å². The smallest absolute Gasteiger partial charge is 0.175 e. The van der Waals surface area contributed by atoms with Crippen molar-refractivity contribution >= 4 is 9.84 Å². The van der Waals surface area contributed by atoms with Gasteiger partial charge in [0, 0.05) is 11.8 Å². The Kier molecular flexibility index (Phi) is 5.28. The Balaban J connectivity index is 3.02. The summed E-state index contributed by atoms with van der Waals surface area (Å²) in [6, 6.07) is 6.17. The van der Waals surface area contributed by atoms with Gasteiger partial charge in [0.15, 0.2) is 9.84 Å². The van der Waals surface area contributed by atoms with Crippen LogP contribution in [0.3, 0.4) is 0 Å². The molecule has 0 saturated heterocycles. The highest BCUT2D eigenvalue weighted by Gasteiger charge is 2.23. The highest BCUT2D eigenvalue weighted by molar-refractivity contribution is 7.90. The lowest BCUT2D eigenvalue weighted by molar-refractivity contribution is 0.0124. The molecule has 0 aliphatic rings. The van der Waals surface area contributed by atoms with Crippen molar-refractivity contribution in [1.82, 2.24) is 5.32 Å². The molecule has 0 saturated carbocycles. The van der Waals surface area contributed by atoms with Crippen molar-refractivity contribution in [2.45, 2.75) is 23.5 Å². The van der Waals surface area contributed by atoms with Crippen molar-refractivity contribution in [3.05, 3.63) is 29.8 Å². The molecule has 0 radical (unpaired) electrons. The Morgan fingerprint density at radius 2 is 1.89 bits per heavy atom. The fourth-order valence-corrected chi connectivity index (χ4v) is 2.66. The first kappa shape index (κ1) is 15.1. The molecular formula is C12H19NO4S. The van der Waals surface area contributed by atoms with Crippen LogP contribution in [0, 0.1) is 0 Å². The van der Waals surface area contributed by atoms with E-state index in [2.05, 4.69) is 5.32 Å². The summed E-state index contributed by atoms with van der Waals surface area (Å²) in [5, 5.41) is 22.7. The fourth-order valence-electron chi connectivity index (χ4n) is 1.72. The molecule has 0 heterocycles. The molecule has 0 fully saturated rings. The van der Waals surface area contributed by atoms with Gasteiger partial charge >= 0.3 is 0 Å². The van der Waals surface area contributed by atoms with Crippen LogP contribution in [0.25, 0.3) is 0 Å². The Morgan fingerprint density at radius 3 is 2.44 bits per heavy atom. The molecule has 1 rings (SSSR count). The zero-order valence-corrected chi connectivity index (χ0v) is 11.3. The molecule has 102 valence electrons. The molecule has 2 unspecified atom stereocenters. The second-order valence-electron chi connectivity index (χ2n) is 4.21. The van der Waals surface area contributed by atoms with Crippen LogP contribution in [0.1, 0.15) is 18.1 Å². The van der Waals surface area contributed by atoms with Gasteiger partial charge in [0.1, 0.15) is 6.10 Å². The average molecular weight is 273 g/mol. The summed E-state index contributed by atoms with van der Waals surface area (Å²) >= 11 is 0. The molecule has 0 aromatic heterocycles. The molecule has 6 heteroatoms. The van der Waals surface area contributed by atoms with Gasteiger partial charge in [0.05, 0.1) is 11.0 Å². The van der Waals surface area contributed by atoms with Gasteiger partial charge in [-0.1, -0.05) is 18.2 Å². The SMILES string of the molecule is CNCCC(O)C(O)c1ccccc1S(C)(=O)=O. The summed E-state index contributed by atoms with van der Waals surface area (Å²) in [7, 11) is -1.68. The number of rotatable bonds is 6. The predicted octanol–water partition coefficient (Wildman–Crippen LogP) is 0.0939. The summed E-state index contributed by atoms with van der Waals surface area (Å²) < 4.78 is 23.2. The number of nitrogens with one attached hydrogen (secondary N) is 1. The lowest BCUT2D eigenvalue weighted by Crippen LogP contribution is -2.24. The van der Waals surface area contributed by atoms with Crippen LogP contribution in [0.5, 0.6) is 0 Å². The topological polar surface area (TPSA) is 86.6 Å². The zero-order chi connectivity index (χ0) is 13.8. The number of aliphatic hydroxyl groups excluding tert-OH is 2. The highest BCUT2D eigenvalue weighted by Crippen LogP contribution is 2.25. The van der Waals surface area contributed by atoms with Gasteiger partial charge in [-0.3, -0.25) is 0 Å². The summed E-state index contributed by atoms with van der Waals surface area (Å²) in [6.45, 7) is 0.541.